The quantitative estimate of drug-likeness (QED) is 0.608. The SMILES string of the molecule is COc1cccc(N/N=C(/Cl)C(=O)O)c1. The number of rotatable bonds is 4. The van der Waals surface area contributed by atoms with Gasteiger partial charge in [0.15, 0.2) is 0 Å². The van der Waals surface area contributed by atoms with E-state index >= 15 is 0 Å². The van der Waals surface area contributed by atoms with Crippen molar-refractivity contribution in [3.63, 3.8) is 0 Å². The molecule has 0 radical (unpaired) electrons. The van der Waals surface area contributed by atoms with Crippen LogP contribution in [0.3, 0.4) is 0 Å². The number of hydrazone groups is 1. The molecular weight excluding hydrogens is 220 g/mol. The Labute approximate surface area is 91.3 Å². The smallest absolute Gasteiger partial charge is 0.368 e. The summed E-state index contributed by atoms with van der Waals surface area (Å²) in [6.45, 7) is 0. The third-order valence-electron chi connectivity index (χ3n) is 1.53. The van der Waals surface area contributed by atoms with Crippen molar-refractivity contribution in [1.29, 1.82) is 0 Å². The molecule has 80 valence electrons. The van der Waals surface area contributed by atoms with Crippen molar-refractivity contribution in [2.24, 2.45) is 5.10 Å². The number of nitrogens with one attached hydrogen (secondary N) is 1. The lowest BCUT2D eigenvalue weighted by Crippen LogP contribution is -2.07. The minimum absolute atomic E-state index is 0.530. The van der Waals surface area contributed by atoms with Gasteiger partial charge in [-0.2, -0.15) is 5.10 Å². The normalized spacial score (nSPS) is 10.9. The molecule has 0 bridgehead atoms. The van der Waals surface area contributed by atoms with Crippen molar-refractivity contribution >= 4 is 28.4 Å². The second-order valence-corrected chi connectivity index (χ2v) is 2.91. The van der Waals surface area contributed by atoms with Crippen LogP contribution in [-0.2, 0) is 4.79 Å². The van der Waals surface area contributed by atoms with E-state index in [0.29, 0.717) is 11.4 Å². The Bertz CT molecular complexity index is 393. The van der Waals surface area contributed by atoms with Crippen molar-refractivity contribution in [3.05, 3.63) is 24.3 Å². The monoisotopic (exact) mass is 228 g/mol. The molecule has 6 heteroatoms. The number of nitrogens with zero attached hydrogens (tertiary/aromatic N) is 1. The van der Waals surface area contributed by atoms with E-state index in [1.165, 1.54) is 7.11 Å². The summed E-state index contributed by atoms with van der Waals surface area (Å²) in [4.78, 5) is 10.3. The fourth-order valence-electron chi connectivity index (χ4n) is 0.854. The summed E-state index contributed by atoms with van der Waals surface area (Å²) in [5.74, 6) is -0.645. The number of methoxy groups -OCH3 is 1. The summed E-state index contributed by atoms with van der Waals surface area (Å²) in [5, 5.41) is 11.3. The molecule has 0 fully saturated rings. The van der Waals surface area contributed by atoms with Gasteiger partial charge in [-0.05, 0) is 12.1 Å². The van der Waals surface area contributed by atoms with Crippen molar-refractivity contribution in [2.45, 2.75) is 0 Å². The third kappa shape index (κ3) is 3.47. The van der Waals surface area contributed by atoms with E-state index in [-0.39, 0.29) is 0 Å². The summed E-state index contributed by atoms with van der Waals surface area (Å²) in [5.41, 5.74) is 3.09. The zero-order chi connectivity index (χ0) is 11.3. The highest BCUT2D eigenvalue weighted by Crippen LogP contribution is 2.16. The van der Waals surface area contributed by atoms with E-state index in [4.69, 9.17) is 21.4 Å². The highest BCUT2D eigenvalue weighted by atomic mass is 35.5. The molecule has 0 aromatic heterocycles. The average Bonchev–Trinajstić information content (AvgIpc) is 2.26. The van der Waals surface area contributed by atoms with Gasteiger partial charge >= 0.3 is 5.97 Å². The summed E-state index contributed by atoms with van der Waals surface area (Å²) in [7, 11) is 1.53. The number of carboxylic acid groups (broad SMARTS) is 1. The van der Waals surface area contributed by atoms with E-state index < -0.39 is 11.1 Å². The van der Waals surface area contributed by atoms with Crippen LogP contribution in [0, 0.1) is 0 Å². The van der Waals surface area contributed by atoms with E-state index in [1.807, 2.05) is 0 Å². The number of hydrogen-bond acceptors (Lipinski definition) is 4. The molecule has 0 spiro atoms. The molecule has 0 amide bonds. The number of hydrogen-bond donors (Lipinski definition) is 2. The fraction of sp³-hybridized carbons (Fsp3) is 0.111. The van der Waals surface area contributed by atoms with Crippen molar-refractivity contribution in [2.75, 3.05) is 12.5 Å². The van der Waals surface area contributed by atoms with Gasteiger partial charge in [0.05, 0.1) is 12.8 Å². The standard InChI is InChI=1S/C9H9ClN2O3/c1-15-7-4-2-3-6(5-7)11-12-8(10)9(13)14/h2-5,11H,1H3,(H,13,14)/b12-8+. The van der Waals surface area contributed by atoms with Gasteiger partial charge in [-0.15, -0.1) is 0 Å². The molecule has 2 N–H and O–H groups in total. The van der Waals surface area contributed by atoms with Gasteiger partial charge in [-0.25, -0.2) is 4.79 Å². The molecule has 0 aliphatic carbocycles. The van der Waals surface area contributed by atoms with Crippen LogP contribution in [0.25, 0.3) is 0 Å². The highest BCUT2D eigenvalue weighted by molar-refractivity contribution is 6.81. The van der Waals surface area contributed by atoms with Crippen LogP contribution < -0.4 is 10.2 Å². The maximum absolute atomic E-state index is 10.3. The number of carboxylic acids is 1. The molecule has 0 aliphatic heterocycles. The Kier molecular flexibility index (Phi) is 3.93. The number of aliphatic carboxylic acids is 1. The lowest BCUT2D eigenvalue weighted by atomic mass is 10.3. The van der Waals surface area contributed by atoms with Gasteiger partial charge in [0.2, 0.25) is 5.17 Å². The molecule has 15 heavy (non-hydrogen) atoms. The molecular formula is C9H9ClN2O3. The first-order valence-corrected chi connectivity index (χ1v) is 4.38. The Morgan fingerprint density at radius 3 is 2.93 bits per heavy atom. The third-order valence-corrected chi connectivity index (χ3v) is 1.78. The van der Waals surface area contributed by atoms with Crippen LogP contribution in [0.5, 0.6) is 5.75 Å². The first-order chi connectivity index (χ1) is 7.13. The number of benzene rings is 1. The number of ether oxygens (including phenoxy) is 1. The second kappa shape index (κ2) is 5.21. The molecule has 0 heterocycles. The predicted octanol–water partition coefficient (Wildman–Crippen LogP) is 1.74. The van der Waals surface area contributed by atoms with E-state index in [9.17, 15) is 4.79 Å². The summed E-state index contributed by atoms with van der Waals surface area (Å²) in [6.07, 6.45) is 0. The van der Waals surface area contributed by atoms with Crippen LogP contribution in [0.4, 0.5) is 5.69 Å². The van der Waals surface area contributed by atoms with Gasteiger partial charge in [0, 0.05) is 6.07 Å². The van der Waals surface area contributed by atoms with E-state index in [2.05, 4.69) is 10.5 Å². The summed E-state index contributed by atoms with van der Waals surface area (Å²) in [6, 6.07) is 6.87. The molecule has 0 unspecified atom stereocenters. The number of carbonyl (C=O) groups is 1. The first kappa shape index (κ1) is 11.3. The maximum atomic E-state index is 10.3. The van der Waals surface area contributed by atoms with Crippen LogP contribution in [0.2, 0.25) is 0 Å². The average molecular weight is 229 g/mol. The topological polar surface area (TPSA) is 70.9 Å². The minimum Gasteiger partial charge on any atom is -0.497 e. The van der Waals surface area contributed by atoms with Gasteiger partial charge in [0.25, 0.3) is 0 Å². The van der Waals surface area contributed by atoms with Crippen LogP contribution in [-0.4, -0.2) is 23.4 Å². The van der Waals surface area contributed by atoms with Gasteiger partial charge in [-0.3, -0.25) is 5.43 Å². The number of halogens is 1. The van der Waals surface area contributed by atoms with Gasteiger partial charge in [0.1, 0.15) is 5.75 Å². The van der Waals surface area contributed by atoms with E-state index in [0.717, 1.165) is 0 Å². The Hall–Kier alpha value is -1.75. The molecule has 0 saturated heterocycles. The summed E-state index contributed by atoms with van der Waals surface area (Å²) < 4.78 is 4.97. The largest absolute Gasteiger partial charge is 0.497 e. The van der Waals surface area contributed by atoms with E-state index in [1.54, 1.807) is 24.3 Å². The first-order valence-electron chi connectivity index (χ1n) is 4.00. The predicted molar refractivity (Wildman–Crippen MR) is 57.5 cm³/mol. The molecule has 0 atom stereocenters. The highest BCUT2D eigenvalue weighted by Gasteiger charge is 2.03. The molecule has 1 aromatic rings. The lowest BCUT2D eigenvalue weighted by molar-refractivity contribution is -0.129. The zero-order valence-electron chi connectivity index (χ0n) is 7.90. The Morgan fingerprint density at radius 1 is 1.60 bits per heavy atom. The second-order valence-electron chi connectivity index (χ2n) is 2.55. The molecule has 0 saturated carbocycles. The Balaban J connectivity index is 2.73. The van der Waals surface area contributed by atoms with Crippen molar-refractivity contribution < 1.29 is 14.6 Å². The zero-order valence-corrected chi connectivity index (χ0v) is 8.65. The maximum Gasteiger partial charge on any atom is 0.368 e. The van der Waals surface area contributed by atoms with Crippen LogP contribution in [0.1, 0.15) is 0 Å². The van der Waals surface area contributed by atoms with Crippen LogP contribution >= 0.6 is 11.6 Å². The van der Waals surface area contributed by atoms with Crippen LogP contribution in [0.15, 0.2) is 29.4 Å². The molecule has 1 aromatic carbocycles. The fourth-order valence-corrected chi connectivity index (χ4v) is 0.896. The number of anilines is 1. The van der Waals surface area contributed by atoms with Crippen molar-refractivity contribution in [3.8, 4) is 5.75 Å². The molecule has 0 aliphatic rings. The lowest BCUT2D eigenvalue weighted by Gasteiger charge is -2.03. The van der Waals surface area contributed by atoms with Gasteiger partial charge in [-0.1, -0.05) is 17.7 Å². The Morgan fingerprint density at radius 2 is 2.33 bits per heavy atom. The molecule has 5 nitrogen and oxygen atoms in total. The van der Waals surface area contributed by atoms with Gasteiger partial charge < -0.3 is 9.84 Å². The molecule has 1 rings (SSSR count). The van der Waals surface area contributed by atoms with Crippen molar-refractivity contribution in [1.82, 2.24) is 0 Å². The minimum atomic E-state index is -1.29. The summed E-state index contributed by atoms with van der Waals surface area (Å²) >= 11 is 5.30.